The molecule has 2 amide bonds. The number of hydrogen-bond acceptors (Lipinski definition) is 4. The van der Waals surface area contributed by atoms with Gasteiger partial charge in [0.15, 0.2) is 15.3 Å². The molecule has 2 fully saturated rings. The summed E-state index contributed by atoms with van der Waals surface area (Å²) in [7, 11) is -4.17. The molecule has 4 heterocycles. The molecule has 8 nitrogen and oxygen atoms in total. The summed E-state index contributed by atoms with van der Waals surface area (Å²) in [5.41, 5.74) is -0.0805. The molecule has 0 N–H and O–H groups in total. The fourth-order valence-electron chi connectivity index (χ4n) is 5.40. The molecule has 3 aliphatic heterocycles. The van der Waals surface area contributed by atoms with Crippen molar-refractivity contribution in [3.63, 3.8) is 0 Å². The molecule has 1 aromatic heterocycles. The van der Waals surface area contributed by atoms with Gasteiger partial charge >= 0.3 is 12.2 Å². The zero-order valence-corrected chi connectivity index (χ0v) is 20.3. The zero-order valence-electron chi connectivity index (χ0n) is 19.5. The molecule has 0 saturated carbocycles. The largest absolute Gasteiger partial charge is 0.593 e. The first-order valence-electron chi connectivity index (χ1n) is 12.0. The lowest BCUT2D eigenvalue weighted by molar-refractivity contribution is -0.138. The van der Waals surface area contributed by atoms with E-state index in [0.29, 0.717) is 51.4 Å². The van der Waals surface area contributed by atoms with Crippen LogP contribution in [-0.4, -0.2) is 67.4 Å². The molecule has 2 unspecified atom stereocenters. The van der Waals surface area contributed by atoms with Crippen molar-refractivity contribution in [2.75, 3.05) is 26.2 Å². The Kier molecular flexibility index (Phi) is 6.46. The van der Waals surface area contributed by atoms with Gasteiger partial charge in [0.05, 0.1) is 24.6 Å². The number of aromatic nitrogens is 1. The van der Waals surface area contributed by atoms with Gasteiger partial charge < -0.3 is 14.4 Å². The molecule has 12 heteroatoms. The fourth-order valence-corrected chi connectivity index (χ4v) is 6.97. The normalized spacial score (nSPS) is 23.6. The Morgan fingerprint density at radius 3 is 2.50 bits per heavy atom. The molecule has 0 spiro atoms. The van der Waals surface area contributed by atoms with Gasteiger partial charge in [0.2, 0.25) is 5.91 Å². The average molecular weight is 525 g/mol. The van der Waals surface area contributed by atoms with Crippen molar-refractivity contribution in [1.82, 2.24) is 18.7 Å². The highest BCUT2D eigenvalue weighted by Gasteiger charge is 2.41. The van der Waals surface area contributed by atoms with Gasteiger partial charge in [-0.15, -0.1) is 4.31 Å². The van der Waals surface area contributed by atoms with Crippen molar-refractivity contribution in [1.29, 1.82) is 0 Å². The number of amides is 2. The fraction of sp³-hybridized carbons (Fsp3) is 0.500. The van der Waals surface area contributed by atoms with Gasteiger partial charge in [0.25, 0.3) is 0 Å². The van der Waals surface area contributed by atoms with Crippen LogP contribution in [0.25, 0.3) is 0 Å². The molecule has 36 heavy (non-hydrogen) atoms. The molecule has 0 bridgehead atoms. The van der Waals surface area contributed by atoms with Gasteiger partial charge in [0, 0.05) is 43.6 Å². The van der Waals surface area contributed by atoms with Crippen LogP contribution in [0.4, 0.5) is 18.0 Å². The molecule has 2 atom stereocenters. The van der Waals surface area contributed by atoms with Crippen molar-refractivity contribution >= 4 is 22.3 Å². The van der Waals surface area contributed by atoms with E-state index in [9.17, 15) is 31.5 Å². The summed E-state index contributed by atoms with van der Waals surface area (Å²) in [6.45, 7) is 1.59. The highest BCUT2D eigenvalue weighted by Crippen LogP contribution is 2.34. The molecular formula is C24H27F3N4O4S. The van der Waals surface area contributed by atoms with Crippen LogP contribution < -0.4 is 0 Å². The SMILES string of the molecule is O=C(C1CCCN([S+](=O)([O-])c2cccc(C(F)(F)F)c2)C1)N1CCC(N2Cc3cccn3C2=O)CC1. The summed E-state index contributed by atoms with van der Waals surface area (Å²) in [6.07, 6.45) is -0.651. The quantitative estimate of drug-likeness (QED) is 0.572. The van der Waals surface area contributed by atoms with Gasteiger partial charge in [-0.1, -0.05) is 10.3 Å². The maximum Gasteiger partial charge on any atom is 0.416 e. The summed E-state index contributed by atoms with van der Waals surface area (Å²) in [4.78, 5) is 29.0. The third-order valence-corrected chi connectivity index (χ3v) is 9.23. The minimum atomic E-state index is -4.65. The predicted octanol–water partition coefficient (Wildman–Crippen LogP) is 3.60. The first kappa shape index (κ1) is 25.0. The van der Waals surface area contributed by atoms with E-state index < -0.39 is 33.0 Å². The van der Waals surface area contributed by atoms with Gasteiger partial charge in [-0.2, -0.15) is 13.2 Å². The first-order chi connectivity index (χ1) is 17.1. The lowest BCUT2D eigenvalue weighted by Gasteiger charge is -2.39. The van der Waals surface area contributed by atoms with Gasteiger partial charge in [-0.3, -0.25) is 9.36 Å². The van der Waals surface area contributed by atoms with Crippen molar-refractivity contribution < 1.29 is 31.5 Å². The number of alkyl halides is 3. The van der Waals surface area contributed by atoms with Crippen LogP contribution in [0.1, 0.15) is 36.9 Å². The molecule has 3 aliphatic rings. The molecule has 0 aliphatic carbocycles. The second-order valence-corrected chi connectivity index (χ2v) is 11.5. The summed E-state index contributed by atoms with van der Waals surface area (Å²) in [6, 6.07) is 7.44. The standard InChI is InChI=1S/C24H27F3N4O4S/c25-24(26,27)18-5-1-7-21(14-18)36(34,35)29-10-2-4-17(15-29)22(32)28-12-8-19(9-13-28)31-16-20-6-3-11-30(20)23(31)33/h1,3,5-7,11,14,17,19H,2,4,8-10,12-13,15-16H2. The van der Waals surface area contributed by atoms with Gasteiger partial charge in [-0.05, 0) is 49.9 Å². The number of likely N-dealkylation sites (tertiary alicyclic amines) is 1. The van der Waals surface area contributed by atoms with Crippen LogP contribution in [0, 0.1) is 5.92 Å². The highest BCUT2D eigenvalue weighted by molar-refractivity contribution is 7.95. The lowest BCUT2D eigenvalue weighted by atomic mass is 9.96. The Morgan fingerprint density at radius 1 is 1.06 bits per heavy atom. The smallest absolute Gasteiger partial charge is 0.416 e. The van der Waals surface area contributed by atoms with Crippen LogP contribution >= 0.6 is 0 Å². The van der Waals surface area contributed by atoms with Gasteiger partial charge in [0.1, 0.15) is 0 Å². The summed E-state index contributed by atoms with van der Waals surface area (Å²) < 4.78 is 68.2. The van der Waals surface area contributed by atoms with Crippen molar-refractivity contribution in [2.45, 2.75) is 49.3 Å². The maximum atomic E-state index is 13.2. The van der Waals surface area contributed by atoms with Crippen molar-refractivity contribution in [3.05, 3.63) is 53.9 Å². The average Bonchev–Trinajstić information content (AvgIpc) is 3.46. The Morgan fingerprint density at radius 2 is 1.81 bits per heavy atom. The third kappa shape index (κ3) is 4.57. The number of carbonyl (C=O) groups is 2. The van der Waals surface area contributed by atoms with E-state index in [-0.39, 0.29) is 31.1 Å². The molecule has 2 saturated heterocycles. The molecular weight excluding hydrogens is 497 g/mol. The number of halogens is 3. The monoisotopic (exact) mass is 524 g/mol. The topological polar surface area (TPSA) is 88.9 Å². The van der Waals surface area contributed by atoms with E-state index in [0.717, 1.165) is 28.2 Å². The van der Waals surface area contributed by atoms with E-state index >= 15 is 0 Å². The number of piperidine rings is 2. The Hall–Kier alpha value is -2.70. The first-order valence-corrected chi connectivity index (χ1v) is 13.4. The van der Waals surface area contributed by atoms with Crippen LogP contribution in [0.15, 0.2) is 47.5 Å². The van der Waals surface area contributed by atoms with Crippen molar-refractivity contribution in [3.8, 4) is 0 Å². The highest BCUT2D eigenvalue weighted by atomic mass is 32.3. The summed E-state index contributed by atoms with van der Waals surface area (Å²) in [5, 5.41) is 0. The lowest BCUT2D eigenvalue weighted by Crippen LogP contribution is -2.52. The molecule has 5 rings (SSSR count). The molecule has 2 aromatic rings. The van der Waals surface area contributed by atoms with Gasteiger partial charge in [-0.25, -0.2) is 4.79 Å². The number of nitrogens with zero attached hydrogens (tertiary/aromatic N) is 4. The van der Waals surface area contributed by atoms with E-state index in [1.807, 2.05) is 17.0 Å². The van der Waals surface area contributed by atoms with Crippen molar-refractivity contribution in [2.24, 2.45) is 5.92 Å². The maximum absolute atomic E-state index is 13.2. The number of rotatable bonds is 4. The minimum Gasteiger partial charge on any atom is -0.593 e. The third-order valence-electron chi connectivity index (χ3n) is 7.37. The number of sulfonamides is 1. The number of benzene rings is 1. The van der Waals surface area contributed by atoms with Crippen LogP contribution in [0.3, 0.4) is 0 Å². The van der Waals surface area contributed by atoms with E-state index in [1.165, 1.54) is 0 Å². The van der Waals surface area contributed by atoms with E-state index in [4.69, 9.17) is 0 Å². The summed E-state index contributed by atoms with van der Waals surface area (Å²) in [5.74, 6) is -0.693. The molecule has 194 valence electrons. The second kappa shape index (κ2) is 9.31. The van der Waals surface area contributed by atoms with Crippen LogP contribution in [0.2, 0.25) is 0 Å². The summed E-state index contributed by atoms with van der Waals surface area (Å²) >= 11 is 0. The number of hydrogen-bond donors (Lipinski definition) is 0. The van der Waals surface area contributed by atoms with E-state index in [1.54, 1.807) is 15.7 Å². The Labute approximate surface area is 208 Å². The Bertz CT molecular complexity index is 1210. The second-order valence-electron chi connectivity index (χ2n) is 9.56. The molecule has 0 radical (unpaired) electrons. The number of carbonyl (C=O) groups excluding carboxylic acids is 2. The number of fused-ring (bicyclic) bond motifs is 1. The minimum absolute atomic E-state index is 0.0330. The van der Waals surface area contributed by atoms with E-state index in [2.05, 4.69) is 0 Å². The van der Waals surface area contributed by atoms with Crippen LogP contribution in [0.5, 0.6) is 0 Å². The Balaban J connectivity index is 1.21. The van der Waals surface area contributed by atoms with Crippen LogP contribution in [-0.2, 0) is 32.1 Å². The molecule has 1 aromatic carbocycles. The zero-order chi connectivity index (χ0) is 25.7. The predicted molar refractivity (Wildman–Crippen MR) is 123 cm³/mol.